The zero-order chi connectivity index (χ0) is 11.4. The van der Waals surface area contributed by atoms with Crippen LogP contribution in [-0.4, -0.2) is 7.11 Å². The molecule has 0 aromatic heterocycles. The molecule has 2 aromatic carbocycles. The minimum atomic E-state index is 0.770. The Kier molecular flexibility index (Phi) is 3.10. The van der Waals surface area contributed by atoms with Crippen molar-refractivity contribution in [1.82, 2.24) is 0 Å². The van der Waals surface area contributed by atoms with E-state index in [1.165, 1.54) is 5.56 Å². The van der Waals surface area contributed by atoms with E-state index in [0.717, 1.165) is 23.4 Å². The summed E-state index contributed by atoms with van der Waals surface area (Å²) in [5, 5.41) is 0. The molecule has 16 heavy (non-hydrogen) atoms. The van der Waals surface area contributed by atoms with Gasteiger partial charge in [0.15, 0.2) is 0 Å². The predicted octanol–water partition coefficient (Wildman–Crippen LogP) is 2.87. The van der Waals surface area contributed by atoms with Gasteiger partial charge in [0, 0.05) is 17.7 Å². The predicted molar refractivity (Wildman–Crippen MR) is 66.7 cm³/mol. The van der Waals surface area contributed by atoms with Crippen molar-refractivity contribution in [1.29, 1.82) is 0 Å². The van der Waals surface area contributed by atoms with E-state index in [2.05, 4.69) is 12.1 Å². The van der Waals surface area contributed by atoms with Gasteiger partial charge in [0.25, 0.3) is 0 Å². The second-order valence-electron chi connectivity index (χ2n) is 3.73. The summed E-state index contributed by atoms with van der Waals surface area (Å²) in [6.45, 7) is 0. The van der Waals surface area contributed by atoms with Gasteiger partial charge in [-0.3, -0.25) is 0 Å². The number of benzene rings is 2. The van der Waals surface area contributed by atoms with Crippen molar-refractivity contribution in [3.8, 4) is 5.75 Å². The van der Waals surface area contributed by atoms with Crippen LogP contribution in [0.4, 0.5) is 5.69 Å². The van der Waals surface area contributed by atoms with E-state index < -0.39 is 0 Å². The lowest BCUT2D eigenvalue weighted by molar-refractivity contribution is 0.410. The van der Waals surface area contributed by atoms with Crippen LogP contribution in [-0.2, 0) is 6.42 Å². The van der Waals surface area contributed by atoms with Gasteiger partial charge in [0.1, 0.15) is 5.75 Å². The van der Waals surface area contributed by atoms with Crippen LogP contribution in [0.15, 0.2) is 48.5 Å². The first kappa shape index (κ1) is 10.6. The Bertz CT molecular complexity index is 465. The highest BCUT2D eigenvalue weighted by Gasteiger charge is 2.04. The third-order valence-corrected chi connectivity index (χ3v) is 2.54. The van der Waals surface area contributed by atoms with E-state index in [1.54, 1.807) is 7.11 Å². The summed E-state index contributed by atoms with van der Waals surface area (Å²) in [7, 11) is 1.68. The summed E-state index contributed by atoms with van der Waals surface area (Å²) in [4.78, 5) is 0. The lowest BCUT2D eigenvalue weighted by Crippen LogP contribution is -1.95. The smallest absolute Gasteiger partial charge is 0.122 e. The van der Waals surface area contributed by atoms with E-state index >= 15 is 0 Å². The Morgan fingerprint density at radius 2 is 1.81 bits per heavy atom. The summed E-state index contributed by atoms with van der Waals surface area (Å²) in [5.74, 6) is 0.887. The number of nitrogens with two attached hydrogens (primary N) is 1. The molecule has 0 saturated heterocycles. The maximum absolute atomic E-state index is 5.78. The molecule has 0 unspecified atom stereocenters. The van der Waals surface area contributed by atoms with Crippen LogP contribution in [0.5, 0.6) is 5.75 Å². The third kappa shape index (κ3) is 2.34. The molecule has 2 aromatic rings. The lowest BCUT2D eigenvalue weighted by Gasteiger charge is -2.09. The van der Waals surface area contributed by atoms with Crippen LogP contribution < -0.4 is 10.5 Å². The van der Waals surface area contributed by atoms with Crippen LogP contribution >= 0.6 is 0 Å². The molecule has 82 valence electrons. The van der Waals surface area contributed by atoms with Gasteiger partial charge in [0.2, 0.25) is 0 Å². The maximum Gasteiger partial charge on any atom is 0.122 e. The molecule has 2 rings (SSSR count). The monoisotopic (exact) mass is 213 g/mol. The fraction of sp³-hybridized carbons (Fsp3) is 0.143. The Hall–Kier alpha value is -1.96. The molecule has 0 amide bonds. The molecule has 0 atom stereocenters. The van der Waals surface area contributed by atoms with Gasteiger partial charge >= 0.3 is 0 Å². The zero-order valence-corrected chi connectivity index (χ0v) is 9.31. The molecule has 0 aliphatic heterocycles. The van der Waals surface area contributed by atoms with Gasteiger partial charge in [-0.1, -0.05) is 30.3 Å². The second kappa shape index (κ2) is 4.71. The molecule has 2 N–H and O–H groups in total. The van der Waals surface area contributed by atoms with E-state index in [4.69, 9.17) is 10.5 Å². The van der Waals surface area contributed by atoms with Gasteiger partial charge in [-0.2, -0.15) is 0 Å². The highest BCUT2D eigenvalue weighted by molar-refractivity contribution is 5.49. The van der Waals surface area contributed by atoms with E-state index in [-0.39, 0.29) is 0 Å². The van der Waals surface area contributed by atoms with Crippen molar-refractivity contribution in [2.75, 3.05) is 12.8 Å². The van der Waals surface area contributed by atoms with Crippen LogP contribution in [0.3, 0.4) is 0 Å². The van der Waals surface area contributed by atoms with E-state index in [0.29, 0.717) is 0 Å². The number of hydrogen-bond donors (Lipinski definition) is 1. The number of ether oxygens (including phenoxy) is 1. The van der Waals surface area contributed by atoms with Gasteiger partial charge in [0.05, 0.1) is 7.11 Å². The fourth-order valence-corrected chi connectivity index (χ4v) is 1.75. The molecule has 0 saturated carbocycles. The molecule has 0 bridgehead atoms. The molecule has 0 aliphatic rings. The molecular weight excluding hydrogens is 198 g/mol. The normalized spacial score (nSPS) is 10.1. The van der Waals surface area contributed by atoms with E-state index in [9.17, 15) is 0 Å². The molecule has 0 aliphatic carbocycles. The Morgan fingerprint density at radius 1 is 1.06 bits per heavy atom. The highest BCUT2D eigenvalue weighted by Crippen LogP contribution is 2.23. The summed E-state index contributed by atoms with van der Waals surface area (Å²) in [6.07, 6.45) is 0.842. The average Bonchev–Trinajstić information content (AvgIpc) is 2.31. The van der Waals surface area contributed by atoms with Crippen LogP contribution in [0, 0.1) is 0 Å². The summed E-state index contributed by atoms with van der Waals surface area (Å²) >= 11 is 0. The second-order valence-corrected chi connectivity index (χ2v) is 3.73. The maximum atomic E-state index is 5.78. The molecule has 2 heteroatoms. The first-order valence-electron chi connectivity index (χ1n) is 5.26. The van der Waals surface area contributed by atoms with Crippen molar-refractivity contribution in [2.24, 2.45) is 0 Å². The minimum Gasteiger partial charge on any atom is -0.496 e. The molecule has 2 nitrogen and oxygen atoms in total. The highest BCUT2D eigenvalue weighted by atomic mass is 16.5. The first-order chi connectivity index (χ1) is 7.79. The number of hydrogen-bond acceptors (Lipinski definition) is 2. The Labute approximate surface area is 95.7 Å². The molecule has 0 fully saturated rings. The zero-order valence-electron chi connectivity index (χ0n) is 9.31. The topological polar surface area (TPSA) is 35.2 Å². The van der Waals surface area contributed by atoms with Gasteiger partial charge in [-0.05, 0) is 23.8 Å². The van der Waals surface area contributed by atoms with Crippen molar-refractivity contribution in [3.05, 3.63) is 59.7 Å². The van der Waals surface area contributed by atoms with Gasteiger partial charge in [-0.25, -0.2) is 0 Å². The molecule has 0 spiro atoms. The minimum absolute atomic E-state index is 0.770. The summed E-state index contributed by atoms with van der Waals surface area (Å²) < 4.78 is 5.32. The average molecular weight is 213 g/mol. The summed E-state index contributed by atoms with van der Waals surface area (Å²) in [6, 6.07) is 16.0. The summed E-state index contributed by atoms with van der Waals surface area (Å²) in [5.41, 5.74) is 8.93. The van der Waals surface area contributed by atoms with Crippen molar-refractivity contribution in [3.63, 3.8) is 0 Å². The molecule has 0 heterocycles. The third-order valence-electron chi connectivity index (χ3n) is 2.54. The number of rotatable bonds is 3. The Balaban J connectivity index is 2.30. The SMILES string of the molecule is COc1ccc(N)cc1Cc1ccccc1. The van der Waals surface area contributed by atoms with Crippen molar-refractivity contribution >= 4 is 5.69 Å². The van der Waals surface area contributed by atoms with Gasteiger partial charge in [-0.15, -0.1) is 0 Å². The molecular formula is C14H15NO. The standard InChI is InChI=1S/C14H15NO/c1-16-14-8-7-13(15)10-12(14)9-11-5-3-2-4-6-11/h2-8,10H,9,15H2,1H3. The van der Waals surface area contributed by atoms with Crippen molar-refractivity contribution in [2.45, 2.75) is 6.42 Å². The van der Waals surface area contributed by atoms with Crippen molar-refractivity contribution < 1.29 is 4.74 Å². The van der Waals surface area contributed by atoms with Crippen LogP contribution in [0.25, 0.3) is 0 Å². The Morgan fingerprint density at radius 3 is 2.50 bits per heavy atom. The number of nitrogen functional groups attached to an aromatic ring is 1. The number of anilines is 1. The first-order valence-corrected chi connectivity index (χ1v) is 5.26. The van der Waals surface area contributed by atoms with E-state index in [1.807, 2.05) is 36.4 Å². The quantitative estimate of drug-likeness (QED) is 0.796. The van der Waals surface area contributed by atoms with Crippen LogP contribution in [0.1, 0.15) is 11.1 Å². The van der Waals surface area contributed by atoms with Crippen LogP contribution in [0.2, 0.25) is 0 Å². The number of methoxy groups -OCH3 is 1. The lowest BCUT2D eigenvalue weighted by atomic mass is 10.0. The largest absolute Gasteiger partial charge is 0.496 e. The molecule has 0 radical (unpaired) electrons. The fourth-order valence-electron chi connectivity index (χ4n) is 1.75. The van der Waals surface area contributed by atoms with Gasteiger partial charge < -0.3 is 10.5 Å².